The van der Waals surface area contributed by atoms with Crippen molar-refractivity contribution in [3.63, 3.8) is 0 Å². The number of nitrogens with one attached hydrogen (secondary N) is 1. The van der Waals surface area contributed by atoms with Gasteiger partial charge in [0.2, 0.25) is 11.8 Å². The van der Waals surface area contributed by atoms with E-state index in [4.69, 9.17) is 9.15 Å². The Labute approximate surface area is 166 Å². The number of likely N-dealkylation sites (tertiary alicyclic amines) is 1. The van der Waals surface area contributed by atoms with Crippen LogP contribution in [-0.2, 0) is 16.1 Å². The molecule has 0 unspecified atom stereocenters. The molecule has 1 aromatic heterocycles. The molecule has 0 spiro atoms. The fourth-order valence-corrected chi connectivity index (χ4v) is 3.65. The Kier molecular flexibility index (Phi) is 5.07. The molecule has 8 nitrogen and oxygen atoms in total. The second-order valence-corrected chi connectivity index (χ2v) is 6.89. The molecule has 2 amide bonds. The summed E-state index contributed by atoms with van der Waals surface area (Å²) >= 11 is 0. The molecule has 1 saturated heterocycles. The van der Waals surface area contributed by atoms with Gasteiger partial charge >= 0.3 is 5.76 Å². The van der Waals surface area contributed by atoms with Crippen LogP contribution in [0, 0.1) is 0 Å². The Hall–Kier alpha value is -3.55. The molecule has 0 bridgehead atoms. The molecule has 2 aromatic carbocycles. The van der Waals surface area contributed by atoms with Gasteiger partial charge in [-0.05, 0) is 24.3 Å². The Morgan fingerprint density at radius 2 is 1.86 bits per heavy atom. The molecule has 1 aliphatic rings. The number of para-hydroxylation sites is 3. The molecule has 1 aliphatic heterocycles. The molecule has 150 valence electrons. The number of fused-ring (bicyclic) bond motifs is 1. The fourth-order valence-electron chi connectivity index (χ4n) is 3.65. The lowest BCUT2D eigenvalue weighted by molar-refractivity contribution is -0.138. The third kappa shape index (κ3) is 3.73. The van der Waals surface area contributed by atoms with E-state index in [1.807, 2.05) is 30.3 Å². The molecule has 0 radical (unpaired) electrons. The quantitative estimate of drug-likeness (QED) is 0.705. The maximum Gasteiger partial charge on any atom is 0.420 e. The molecular weight excluding hydrogens is 374 g/mol. The molecule has 0 aliphatic carbocycles. The number of hydrogen-bond acceptors (Lipinski definition) is 5. The highest BCUT2D eigenvalue weighted by atomic mass is 16.5. The predicted molar refractivity (Wildman–Crippen MR) is 106 cm³/mol. The summed E-state index contributed by atoms with van der Waals surface area (Å²) in [4.78, 5) is 39.0. The first-order valence-electron chi connectivity index (χ1n) is 9.38. The van der Waals surface area contributed by atoms with Gasteiger partial charge < -0.3 is 19.4 Å². The zero-order valence-electron chi connectivity index (χ0n) is 15.9. The van der Waals surface area contributed by atoms with Crippen molar-refractivity contribution >= 4 is 22.9 Å². The minimum absolute atomic E-state index is 0.207. The van der Waals surface area contributed by atoms with Gasteiger partial charge in [0, 0.05) is 13.5 Å². The normalized spacial score (nSPS) is 18.7. The van der Waals surface area contributed by atoms with Crippen LogP contribution >= 0.6 is 0 Å². The summed E-state index contributed by atoms with van der Waals surface area (Å²) in [5, 5.41) is 2.60. The van der Waals surface area contributed by atoms with E-state index >= 15 is 0 Å². The maximum atomic E-state index is 13.0. The minimum Gasteiger partial charge on any atom is -0.488 e. The summed E-state index contributed by atoms with van der Waals surface area (Å²) in [6.07, 6.45) is 0.0582. The van der Waals surface area contributed by atoms with Gasteiger partial charge in [-0.2, -0.15) is 0 Å². The van der Waals surface area contributed by atoms with Gasteiger partial charge in [0.15, 0.2) is 5.58 Å². The van der Waals surface area contributed by atoms with E-state index in [0.29, 0.717) is 23.3 Å². The maximum absolute atomic E-state index is 13.0. The van der Waals surface area contributed by atoms with Crippen molar-refractivity contribution < 1.29 is 18.7 Å². The van der Waals surface area contributed by atoms with Gasteiger partial charge in [0.1, 0.15) is 24.4 Å². The number of ether oxygens (including phenoxy) is 1. The van der Waals surface area contributed by atoms with Crippen LogP contribution in [0.4, 0.5) is 0 Å². The summed E-state index contributed by atoms with van der Waals surface area (Å²) in [5.74, 6) is -0.528. The van der Waals surface area contributed by atoms with E-state index in [1.165, 1.54) is 16.5 Å². The number of amides is 2. The monoisotopic (exact) mass is 395 g/mol. The minimum atomic E-state index is -0.657. The van der Waals surface area contributed by atoms with Crippen molar-refractivity contribution in [2.75, 3.05) is 13.6 Å². The number of oxazole rings is 1. The van der Waals surface area contributed by atoms with Crippen molar-refractivity contribution in [1.82, 2.24) is 14.8 Å². The molecule has 2 atom stereocenters. The Morgan fingerprint density at radius 1 is 1.14 bits per heavy atom. The van der Waals surface area contributed by atoms with Crippen molar-refractivity contribution in [2.45, 2.75) is 25.1 Å². The lowest BCUT2D eigenvalue weighted by Gasteiger charge is -2.23. The van der Waals surface area contributed by atoms with E-state index in [1.54, 1.807) is 24.3 Å². The number of carbonyl (C=O) groups excluding carboxylic acids is 2. The van der Waals surface area contributed by atoms with Gasteiger partial charge in [-0.3, -0.25) is 14.2 Å². The Balaban J connectivity index is 1.55. The van der Waals surface area contributed by atoms with Crippen LogP contribution in [0.1, 0.15) is 6.42 Å². The smallest absolute Gasteiger partial charge is 0.420 e. The molecule has 0 saturated carbocycles. The zero-order valence-corrected chi connectivity index (χ0v) is 15.9. The number of likely N-dealkylation sites (N-methyl/N-ethyl adjacent to an activating group) is 1. The van der Waals surface area contributed by atoms with Crippen LogP contribution < -0.4 is 15.8 Å². The Morgan fingerprint density at radius 3 is 2.62 bits per heavy atom. The number of hydrogen-bond donors (Lipinski definition) is 1. The summed E-state index contributed by atoms with van der Waals surface area (Å²) in [6.45, 7) is 0.0533. The van der Waals surface area contributed by atoms with Gasteiger partial charge in [-0.25, -0.2) is 4.79 Å². The molecular formula is C21H21N3O5. The van der Waals surface area contributed by atoms with Crippen LogP contribution in [0.2, 0.25) is 0 Å². The van der Waals surface area contributed by atoms with Crippen molar-refractivity contribution in [3.8, 4) is 5.75 Å². The van der Waals surface area contributed by atoms with Crippen LogP contribution in [0.15, 0.2) is 63.8 Å². The number of aromatic nitrogens is 1. The van der Waals surface area contributed by atoms with Crippen LogP contribution in [0.3, 0.4) is 0 Å². The van der Waals surface area contributed by atoms with E-state index in [9.17, 15) is 14.4 Å². The van der Waals surface area contributed by atoms with Gasteiger partial charge in [0.05, 0.1) is 12.1 Å². The second-order valence-electron chi connectivity index (χ2n) is 6.89. The number of nitrogens with zero attached hydrogens (tertiary/aromatic N) is 2. The fraction of sp³-hybridized carbons (Fsp3) is 0.286. The van der Waals surface area contributed by atoms with Gasteiger partial charge in [-0.1, -0.05) is 30.3 Å². The van der Waals surface area contributed by atoms with E-state index in [2.05, 4.69) is 5.32 Å². The highest BCUT2D eigenvalue weighted by Gasteiger charge is 2.40. The first-order chi connectivity index (χ1) is 14.1. The first kappa shape index (κ1) is 18.8. The average Bonchev–Trinajstić information content (AvgIpc) is 3.29. The number of rotatable bonds is 5. The van der Waals surface area contributed by atoms with E-state index < -0.39 is 11.8 Å². The van der Waals surface area contributed by atoms with Crippen LogP contribution in [0.5, 0.6) is 5.75 Å². The predicted octanol–water partition coefficient (Wildman–Crippen LogP) is 1.39. The largest absolute Gasteiger partial charge is 0.488 e. The molecule has 3 aromatic rings. The van der Waals surface area contributed by atoms with Gasteiger partial charge in [-0.15, -0.1) is 0 Å². The first-order valence-corrected chi connectivity index (χ1v) is 9.38. The highest BCUT2D eigenvalue weighted by Crippen LogP contribution is 2.24. The third-order valence-corrected chi connectivity index (χ3v) is 5.05. The lowest BCUT2D eigenvalue weighted by atomic mass is 10.2. The van der Waals surface area contributed by atoms with Crippen molar-refractivity contribution in [1.29, 1.82) is 0 Å². The Bertz CT molecular complexity index is 1090. The molecule has 8 heteroatoms. The second kappa shape index (κ2) is 7.83. The summed E-state index contributed by atoms with van der Waals surface area (Å²) in [6, 6.07) is 15.5. The van der Waals surface area contributed by atoms with Crippen LogP contribution in [-0.4, -0.2) is 47.0 Å². The SMILES string of the molecule is CNC(=O)[C@@H]1C[C@H](Oc2ccccc2)CN1C(=O)Cn1c(=O)oc2ccccc21. The summed E-state index contributed by atoms with van der Waals surface area (Å²) in [5.41, 5.74) is 0.957. The zero-order chi connectivity index (χ0) is 20.4. The van der Waals surface area contributed by atoms with E-state index in [0.717, 1.165) is 0 Å². The highest BCUT2D eigenvalue weighted by molar-refractivity contribution is 5.88. The third-order valence-electron chi connectivity index (χ3n) is 5.05. The lowest BCUT2D eigenvalue weighted by Crippen LogP contribution is -2.46. The van der Waals surface area contributed by atoms with Crippen molar-refractivity contribution in [3.05, 3.63) is 65.1 Å². The molecule has 29 heavy (non-hydrogen) atoms. The number of benzene rings is 2. The topological polar surface area (TPSA) is 93.8 Å². The van der Waals surface area contributed by atoms with Crippen LogP contribution in [0.25, 0.3) is 11.1 Å². The van der Waals surface area contributed by atoms with Gasteiger partial charge in [0.25, 0.3) is 0 Å². The van der Waals surface area contributed by atoms with Crippen molar-refractivity contribution in [2.24, 2.45) is 0 Å². The standard InChI is InChI=1S/C21H21N3O5/c1-22-20(26)17-11-15(28-14-7-3-2-4-8-14)12-23(17)19(25)13-24-16-9-5-6-10-18(16)29-21(24)27/h2-10,15,17H,11-13H2,1H3,(H,22,26)/t15-,17-/m0/s1. The summed E-state index contributed by atoms with van der Waals surface area (Å²) in [7, 11) is 1.53. The molecule has 2 heterocycles. The summed E-state index contributed by atoms with van der Waals surface area (Å²) < 4.78 is 12.4. The molecule has 1 fully saturated rings. The number of carbonyl (C=O) groups is 2. The van der Waals surface area contributed by atoms with E-state index in [-0.39, 0.29) is 31.0 Å². The average molecular weight is 395 g/mol. The molecule has 4 rings (SSSR count). The molecule has 1 N–H and O–H groups in total.